The Morgan fingerprint density at radius 2 is 1.27 bits per heavy atom. The molecule has 0 bridgehead atoms. The minimum Gasteiger partial charge on any atom is -0.449 e. The van der Waals surface area contributed by atoms with E-state index >= 15 is 0 Å². The fourth-order valence-electron chi connectivity index (χ4n) is 2.89. The van der Waals surface area contributed by atoms with E-state index in [2.05, 4.69) is 48.5 Å². The van der Waals surface area contributed by atoms with Gasteiger partial charge in [-0.1, -0.05) is 73.8 Å². The van der Waals surface area contributed by atoms with Crippen LogP contribution in [0.1, 0.15) is 42.4 Å². The average Bonchev–Trinajstić information content (AvgIpc) is 2.62. The summed E-state index contributed by atoms with van der Waals surface area (Å²) in [5, 5.41) is 0. The van der Waals surface area contributed by atoms with Crippen molar-refractivity contribution in [2.75, 3.05) is 6.61 Å². The van der Waals surface area contributed by atoms with Crippen molar-refractivity contribution < 1.29 is 17.7 Å². The fraction of sp³-hybridized carbons (Fsp3) is 0.429. The third-order valence-corrected chi connectivity index (χ3v) is 4.39. The molecule has 1 nitrogen and oxygen atoms in total. The smallest absolute Gasteiger partial charge is 0.449 e. The van der Waals surface area contributed by atoms with Gasteiger partial charge in [0.2, 0.25) is 0 Å². The van der Waals surface area contributed by atoms with Crippen molar-refractivity contribution in [3.63, 3.8) is 0 Å². The molecule has 0 saturated carbocycles. The van der Waals surface area contributed by atoms with E-state index in [4.69, 9.17) is 4.74 Å². The average molecular weight is 363 g/mol. The molecule has 0 amide bonds. The van der Waals surface area contributed by atoms with E-state index in [1.165, 1.54) is 11.1 Å². The summed E-state index contributed by atoms with van der Waals surface area (Å²) in [4.78, 5) is 0. The summed E-state index contributed by atoms with van der Waals surface area (Å²) in [6, 6.07) is 18.9. The molecule has 0 radical (unpaired) electrons. The highest BCUT2D eigenvalue weighted by atomic mass is 19.4. The molecule has 0 atom stereocenters. The molecule has 0 aliphatic carbocycles. The third kappa shape index (κ3) is 9.09. The Kier molecular flexibility index (Phi) is 8.76. The number of aryl methyl sites for hydroxylation is 2. The molecule has 2 aromatic carbocycles. The maximum absolute atomic E-state index is 12.1. The van der Waals surface area contributed by atoms with E-state index in [-0.39, 0.29) is 6.42 Å². The standard InChI is InChI=1S/C21H27BF3O/c23-22(24,25)16-5-2-6-17-26-18-21-14-12-20(13-15-21)11-7-10-19-8-3-1-4-9-19/h1,3-4,8-9,12-15H,2,5-7,10-11,16-18H2/q-1. The molecular formula is C21H27BF3O-. The Bertz CT molecular complexity index is 611. The number of benzene rings is 2. The highest BCUT2D eigenvalue weighted by Gasteiger charge is 2.21. The highest BCUT2D eigenvalue weighted by Crippen LogP contribution is 2.18. The van der Waals surface area contributed by atoms with E-state index in [0.717, 1.165) is 24.8 Å². The number of hydrogen-bond acceptors (Lipinski definition) is 1. The molecule has 0 N–H and O–H groups in total. The molecule has 2 aromatic rings. The van der Waals surface area contributed by atoms with Crippen LogP contribution in [-0.4, -0.2) is 13.6 Å². The summed E-state index contributed by atoms with van der Waals surface area (Å²) < 4.78 is 41.8. The van der Waals surface area contributed by atoms with Crippen molar-refractivity contribution in [3.8, 4) is 0 Å². The van der Waals surface area contributed by atoms with Crippen LogP contribution in [0.2, 0.25) is 6.32 Å². The predicted molar refractivity (Wildman–Crippen MR) is 102 cm³/mol. The number of unbranched alkanes of at least 4 members (excludes halogenated alkanes) is 2. The molecule has 0 heterocycles. The van der Waals surface area contributed by atoms with Crippen molar-refractivity contribution in [1.82, 2.24) is 0 Å². The molecule has 142 valence electrons. The number of halogens is 3. The lowest BCUT2D eigenvalue weighted by Crippen LogP contribution is -2.13. The summed E-state index contributed by atoms with van der Waals surface area (Å²) in [6.07, 6.45) is 4.10. The monoisotopic (exact) mass is 363 g/mol. The Hall–Kier alpha value is -1.75. The van der Waals surface area contributed by atoms with Crippen LogP contribution in [0.3, 0.4) is 0 Å². The Morgan fingerprint density at radius 1 is 0.654 bits per heavy atom. The van der Waals surface area contributed by atoms with Gasteiger partial charge in [0.15, 0.2) is 0 Å². The molecule has 0 spiro atoms. The quantitative estimate of drug-likeness (QED) is 0.313. The molecular weight excluding hydrogens is 336 g/mol. The van der Waals surface area contributed by atoms with E-state index in [9.17, 15) is 12.9 Å². The van der Waals surface area contributed by atoms with Crippen LogP contribution in [0.15, 0.2) is 54.6 Å². The second-order valence-electron chi connectivity index (χ2n) is 6.77. The molecule has 0 aliphatic rings. The van der Waals surface area contributed by atoms with Crippen LogP contribution < -0.4 is 0 Å². The lowest BCUT2D eigenvalue weighted by atomic mass is 9.83. The van der Waals surface area contributed by atoms with Crippen LogP contribution in [0.5, 0.6) is 0 Å². The number of hydrogen-bond donors (Lipinski definition) is 0. The van der Waals surface area contributed by atoms with E-state index < -0.39 is 13.3 Å². The van der Waals surface area contributed by atoms with Gasteiger partial charge in [0, 0.05) is 6.61 Å². The molecule has 0 aromatic heterocycles. The molecule has 0 unspecified atom stereocenters. The van der Waals surface area contributed by atoms with Crippen molar-refractivity contribution in [2.45, 2.75) is 51.5 Å². The maximum Gasteiger partial charge on any atom is 0.478 e. The predicted octanol–water partition coefficient (Wildman–Crippen LogP) is 6.40. The molecule has 0 fully saturated rings. The lowest BCUT2D eigenvalue weighted by Gasteiger charge is -2.12. The first-order valence-electron chi connectivity index (χ1n) is 9.43. The summed E-state index contributed by atoms with van der Waals surface area (Å²) in [5.41, 5.74) is 3.79. The van der Waals surface area contributed by atoms with Gasteiger partial charge in [-0.05, 0) is 42.4 Å². The Labute approximate surface area is 154 Å². The normalized spacial score (nSPS) is 11.7. The molecule has 2 rings (SSSR count). The molecule has 26 heavy (non-hydrogen) atoms. The van der Waals surface area contributed by atoms with Gasteiger partial charge in [-0.15, -0.1) is 0 Å². The summed E-state index contributed by atoms with van der Waals surface area (Å²) >= 11 is 0. The first-order chi connectivity index (χ1) is 12.5. The Morgan fingerprint density at radius 3 is 1.92 bits per heavy atom. The molecule has 5 heteroatoms. The third-order valence-electron chi connectivity index (χ3n) is 4.39. The van der Waals surface area contributed by atoms with Gasteiger partial charge in [-0.25, -0.2) is 0 Å². The first kappa shape index (κ1) is 20.6. The van der Waals surface area contributed by atoms with Gasteiger partial charge < -0.3 is 17.7 Å². The zero-order valence-corrected chi connectivity index (χ0v) is 15.2. The van der Waals surface area contributed by atoms with Crippen molar-refractivity contribution >= 4 is 6.98 Å². The minimum atomic E-state index is -4.63. The minimum absolute atomic E-state index is 0.213. The van der Waals surface area contributed by atoms with Crippen LogP contribution >= 0.6 is 0 Å². The zero-order valence-electron chi connectivity index (χ0n) is 15.2. The number of rotatable bonds is 12. The van der Waals surface area contributed by atoms with Crippen LogP contribution in [0, 0.1) is 0 Å². The summed E-state index contributed by atoms with van der Waals surface area (Å²) in [6.45, 7) is -3.59. The van der Waals surface area contributed by atoms with Gasteiger partial charge in [0.1, 0.15) is 0 Å². The van der Waals surface area contributed by atoms with Gasteiger partial charge >= 0.3 is 6.98 Å². The van der Waals surface area contributed by atoms with E-state index in [1.807, 2.05) is 6.07 Å². The van der Waals surface area contributed by atoms with Gasteiger partial charge in [-0.2, -0.15) is 0 Å². The summed E-state index contributed by atoms with van der Waals surface area (Å²) in [7, 11) is 0. The summed E-state index contributed by atoms with van der Waals surface area (Å²) in [5.74, 6) is 0. The zero-order chi connectivity index (χ0) is 18.7. The van der Waals surface area contributed by atoms with Crippen molar-refractivity contribution in [3.05, 3.63) is 71.3 Å². The van der Waals surface area contributed by atoms with Crippen LogP contribution in [0.4, 0.5) is 12.9 Å². The van der Waals surface area contributed by atoms with E-state index in [1.54, 1.807) is 0 Å². The fourth-order valence-corrected chi connectivity index (χ4v) is 2.89. The molecule has 0 saturated heterocycles. The van der Waals surface area contributed by atoms with Crippen LogP contribution in [0.25, 0.3) is 0 Å². The van der Waals surface area contributed by atoms with Crippen molar-refractivity contribution in [1.29, 1.82) is 0 Å². The Balaban J connectivity index is 1.56. The molecule has 0 aliphatic heterocycles. The van der Waals surface area contributed by atoms with Gasteiger partial charge in [-0.3, -0.25) is 0 Å². The topological polar surface area (TPSA) is 9.23 Å². The lowest BCUT2D eigenvalue weighted by molar-refractivity contribution is 0.117. The second-order valence-corrected chi connectivity index (χ2v) is 6.77. The highest BCUT2D eigenvalue weighted by molar-refractivity contribution is 6.58. The van der Waals surface area contributed by atoms with Gasteiger partial charge in [0.25, 0.3) is 0 Å². The van der Waals surface area contributed by atoms with Crippen LogP contribution in [-0.2, 0) is 24.2 Å². The maximum atomic E-state index is 12.1. The van der Waals surface area contributed by atoms with Gasteiger partial charge in [0.05, 0.1) is 6.61 Å². The first-order valence-corrected chi connectivity index (χ1v) is 9.43. The SMILES string of the molecule is F[B-](F)(F)CCCCCOCc1ccc(CCCc2ccccc2)cc1. The largest absolute Gasteiger partial charge is 0.478 e. The second kappa shape index (κ2) is 11.1. The van der Waals surface area contributed by atoms with Crippen molar-refractivity contribution in [2.24, 2.45) is 0 Å². The van der Waals surface area contributed by atoms with E-state index in [0.29, 0.717) is 26.1 Å². The number of ether oxygens (including phenoxy) is 1.